The fourth-order valence-corrected chi connectivity index (χ4v) is 4.21. The molecule has 0 amide bonds. The molecule has 0 fully saturated rings. The average Bonchev–Trinajstić information content (AvgIpc) is 2.55. The number of aromatic nitrogens is 2. The number of nitrogens with two attached hydrogens (primary N) is 1. The van der Waals surface area contributed by atoms with Crippen LogP contribution in [0.2, 0.25) is 5.02 Å². The van der Waals surface area contributed by atoms with Gasteiger partial charge in [0.25, 0.3) is 0 Å². The van der Waals surface area contributed by atoms with Crippen molar-refractivity contribution in [3.05, 3.63) is 33.4 Å². The number of primary sulfonamides is 1. The zero-order valence-electron chi connectivity index (χ0n) is 15.4. The average molecular weight is 495 g/mol. The van der Waals surface area contributed by atoms with Crippen LogP contribution in [-0.4, -0.2) is 49.4 Å². The molecule has 28 heavy (non-hydrogen) atoms. The molecule has 0 spiro atoms. The Kier molecular flexibility index (Phi) is 7.59. The van der Waals surface area contributed by atoms with Gasteiger partial charge in [-0.3, -0.25) is 0 Å². The van der Waals surface area contributed by atoms with E-state index < -0.39 is 16.1 Å². The molecule has 0 saturated heterocycles. The predicted octanol–water partition coefficient (Wildman–Crippen LogP) is 2.40. The highest BCUT2D eigenvalue weighted by atomic mass is 79.9. The molecule has 0 aliphatic carbocycles. The second-order valence-electron chi connectivity index (χ2n) is 6.11. The molecular formula is C16H21BrClN5O4S. The number of hydrogen-bond donors (Lipinski definition) is 4. The fraction of sp³-hybridized carbons (Fsp3) is 0.375. The number of rotatable bonds is 8. The lowest BCUT2D eigenvalue weighted by atomic mass is 10.2. The molecule has 2 rings (SSSR count). The van der Waals surface area contributed by atoms with E-state index >= 15 is 0 Å². The second kappa shape index (κ2) is 9.33. The van der Waals surface area contributed by atoms with Crippen molar-refractivity contribution in [3.63, 3.8) is 0 Å². The fourth-order valence-electron chi connectivity index (χ4n) is 2.48. The lowest BCUT2D eigenvalue weighted by Crippen LogP contribution is -2.36. The van der Waals surface area contributed by atoms with Gasteiger partial charge in [0.2, 0.25) is 16.0 Å². The molecular weight excluding hydrogens is 474 g/mol. The molecule has 1 aromatic heterocycles. The molecule has 1 heterocycles. The lowest BCUT2D eigenvalue weighted by molar-refractivity contribution is 0.106. The van der Waals surface area contributed by atoms with Gasteiger partial charge in [0, 0.05) is 19.0 Å². The van der Waals surface area contributed by atoms with Crippen molar-refractivity contribution in [2.75, 3.05) is 24.4 Å². The molecule has 0 unspecified atom stereocenters. The Morgan fingerprint density at radius 2 is 2.11 bits per heavy atom. The smallest absolute Gasteiger partial charge is 0.239 e. The van der Waals surface area contributed by atoms with E-state index in [0.29, 0.717) is 21.5 Å². The Morgan fingerprint density at radius 3 is 2.64 bits per heavy atom. The number of sulfonamides is 1. The summed E-state index contributed by atoms with van der Waals surface area (Å²) in [4.78, 5) is 8.42. The molecule has 0 radical (unpaired) electrons. The summed E-state index contributed by atoms with van der Waals surface area (Å²) in [5.41, 5.74) is 0.884. The van der Waals surface area contributed by atoms with Crippen LogP contribution in [0, 0.1) is 6.92 Å². The molecule has 0 bridgehead atoms. The molecule has 2 atom stereocenters. The maximum absolute atomic E-state index is 11.6. The topological polar surface area (TPSA) is 139 Å². The van der Waals surface area contributed by atoms with Gasteiger partial charge < -0.3 is 20.5 Å². The summed E-state index contributed by atoms with van der Waals surface area (Å²) in [5.74, 6) is 0.690. The minimum atomic E-state index is -3.94. The maximum Gasteiger partial charge on any atom is 0.239 e. The Labute approximate surface area is 176 Å². The van der Waals surface area contributed by atoms with Gasteiger partial charge in [-0.25, -0.2) is 18.5 Å². The van der Waals surface area contributed by atoms with Crippen LogP contribution in [0.5, 0.6) is 0 Å². The number of nitrogens with zero attached hydrogens (tertiary/aromatic N) is 2. The number of benzene rings is 1. The molecule has 9 nitrogen and oxygen atoms in total. The minimum absolute atomic E-state index is 0.00489. The van der Waals surface area contributed by atoms with Crippen LogP contribution in [0.4, 0.5) is 17.5 Å². The molecule has 1 aromatic carbocycles. The van der Waals surface area contributed by atoms with Gasteiger partial charge in [0.05, 0.1) is 28.2 Å². The second-order valence-corrected chi connectivity index (χ2v) is 8.87. The lowest BCUT2D eigenvalue weighted by Gasteiger charge is -2.22. The summed E-state index contributed by atoms with van der Waals surface area (Å²) in [5, 5.41) is 21.1. The van der Waals surface area contributed by atoms with Crippen LogP contribution in [-0.2, 0) is 14.8 Å². The monoisotopic (exact) mass is 493 g/mol. The molecule has 2 aromatic rings. The number of nitrogens with one attached hydrogen (secondary N) is 2. The third-order valence-corrected chi connectivity index (χ3v) is 5.87. The Hall–Kier alpha value is -1.50. The van der Waals surface area contributed by atoms with Crippen molar-refractivity contribution >= 4 is 55.0 Å². The van der Waals surface area contributed by atoms with Crippen molar-refractivity contribution < 1.29 is 18.3 Å². The Balaban J connectivity index is 2.31. The van der Waals surface area contributed by atoms with Crippen LogP contribution in [0.15, 0.2) is 27.7 Å². The van der Waals surface area contributed by atoms with Crippen LogP contribution in [0.25, 0.3) is 0 Å². The SMILES string of the molecule is COC[C@@H](Nc1nc(Nc2cc(C)c(S(N)(=O)=O)c(Cl)c2)ncc1Br)[C@@H](C)O. The number of aryl methyl sites for hydroxylation is 1. The number of halogens is 2. The Morgan fingerprint density at radius 1 is 1.43 bits per heavy atom. The van der Waals surface area contributed by atoms with Gasteiger partial charge in [-0.2, -0.15) is 4.98 Å². The van der Waals surface area contributed by atoms with Crippen molar-refractivity contribution in [1.82, 2.24) is 9.97 Å². The quantitative estimate of drug-likeness (QED) is 0.439. The number of aliphatic hydroxyl groups is 1. The number of ether oxygens (including phenoxy) is 1. The first kappa shape index (κ1) is 22.8. The van der Waals surface area contributed by atoms with Gasteiger partial charge in [-0.1, -0.05) is 11.6 Å². The molecule has 12 heteroatoms. The molecule has 0 aliphatic heterocycles. The highest BCUT2D eigenvalue weighted by molar-refractivity contribution is 9.10. The van der Waals surface area contributed by atoms with Gasteiger partial charge >= 0.3 is 0 Å². The van der Waals surface area contributed by atoms with Gasteiger partial charge in [0.15, 0.2) is 0 Å². The summed E-state index contributed by atoms with van der Waals surface area (Å²) >= 11 is 9.44. The van der Waals surface area contributed by atoms with E-state index in [4.69, 9.17) is 21.5 Å². The van der Waals surface area contributed by atoms with Crippen LogP contribution >= 0.6 is 27.5 Å². The molecule has 0 aliphatic rings. The zero-order chi connectivity index (χ0) is 21.1. The van der Waals surface area contributed by atoms with Gasteiger partial charge in [0.1, 0.15) is 10.7 Å². The third-order valence-electron chi connectivity index (χ3n) is 3.76. The Bertz CT molecular complexity index is 935. The normalized spacial score (nSPS) is 13.8. The highest BCUT2D eigenvalue weighted by Gasteiger charge is 2.19. The van der Waals surface area contributed by atoms with E-state index in [-0.39, 0.29) is 28.5 Å². The maximum atomic E-state index is 11.6. The summed E-state index contributed by atoms with van der Waals surface area (Å²) in [6, 6.07) is 2.62. The van der Waals surface area contributed by atoms with Crippen molar-refractivity contribution in [2.24, 2.45) is 5.14 Å². The van der Waals surface area contributed by atoms with Crippen molar-refractivity contribution in [2.45, 2.75) is 30.9 Å². The largest absolute Gasteiger partial charge is 0.391 e. The van der Waals surface area contributed by atoms with Crippen molar-refractivity contribution in [1.29, 1.82) is 0 Å². The van der Waals surface area contributed by atoms with E-state index in [1.54, 1.807) is 19.9 Å². The summed E-state index contributed by atoms with van der Waals surface area (Å²) < 4.78 is 29.0. The van der Waals surface area contributed by atoms with E-state index in [1.165, 1.54) is 19.4 Å². The number of anilines is 3. The molecule has 0 saturated carbocycles. The van der Waals surface area contributed by atoms with Crippen LogP contribution in [0.1, 0.15) is 12.5 Å². The third kappa shape index (κ3) is 5.75. The van der Waals surface area contributed by atoms with Crippen molar-refractivity contribution in [3.8, 4) is 0 Å². The highest BCUT2D eigenvalue weighted by Crippen LogP contribution is 2.30. The summed E-state index contributed by atoms with van der Waals surface area (Å²) in [7, 11) is -2.40. The standard InChI is InChI=1S/C16H21BrClN5O4S/c1-8-4-10(5-12(18)14(8)28(19,25)26)21-16-20-6-11(17)15(23-16)22-13(7-27-3)9(2)24/h4-6,9,13,24H,7H2,1-3H3,(H2,19,25,26)(H2,20,21,22,23)/t9-,13-/m1/s1. The van der Waals surface area contributed by atoms with E-state index in [1.807, 2.05) is 0 Å². The van der Waals surface area contributed by atoms with Gasteiger partial charge in [-0.05, 0) is 47.5 Å². The van der Waals surface area contributed by atoms with Gasteiger partial charge in [-0.15, -0.1) is 0 Å². The first-order chi connectivity index (χ1) is 13.0. The van der Waals surface area contributed by atoms with E-state index in [9.17, 15) is 13.5 Å². The van der Waals surface area contributed by atoms with Crippen LogP contribution in [0.3, 0.4) is 0 Å². The van der Waals surface area contributed by atoms with E-state index in [0.717, 1.165) is 0 Å². The molecule has 154 valence electrons. The number of hydrogen-bond acceptors (Lipinski definition) is 8. The number of methoxy groups -OCH3 is 1. The minimum Gasteiger partial charge on any atom is -0.391 e. The first-order valence-corrected chi connectivity index (χ1v) is 10.8. The summed E-state index contributed by atoms with van der Waals surface area (Å²) in [6.45, 7) is 3.51. The summed E-state index contributed by atoms with van der Waals surface area (Å²) in [6.07, 6.45) is 0.863. The predicted molar refractivity (Wildman–Crippen MR) is 112 cm³/mol. The zero-order valence-corrected chi connectivity index (χ0v) is 18.6. The molecule has 5 N–H and O–H groups in total. The van der Waals surface area contributed by atoms with E-state index in [2.05, 4.69) is 36.5 Å². The van der Waals surface area contributed by atoms with Crippen LogP contribution < -0.4 is 15.8 Å². The first-order valence-electron chi connectivity index (χ1n) is 8.09. The number of aliphatic hydroxyl groups excluding tert-OH is 1.